The molecule has 0 saturated carbocycles. The Balaban J connectivity index is 1.48. The molecule has 0 amide bonds. The summed E-state index contributed by atoms with van der Waals surface area (Å²) in [5, 5.41) is 6.48. The summed E-state index contributed by atoms with van der Waals surface area (Å²) in [6, 6.07) is 13.9. The molecule has 1 aliphatic heterocycles. The molecule has 9 heteroatoms. The first-order valence-electron chi connectivity index (χ1n) is 11.3. The van der Waals surface area contributed by atoms with Crippen molar-refractivity contribution >= 4 is 44.6 Å². The lowest BCUT2D eigenvalue weighted by molar-refractivity contribution is 0.122. The van der Waals surface area contributed by atoms with Crippen LogP contribution in [0.15, 0.2) is 58.1 Å². The van der Waals surface area contributed by atoms with Crippen LogP contribution in [0.25, 0.3) is 33.3 Å². The number of anilines is 2. The SMILES string of the molecule is CC(Nc1c(-c2nc3ccc(N4CCOCC4)cc3[nH]2)c(=O)[nH]c2ccccc12)c1cscn1. The molecular formula is C25H24N6O2S. The van der Waals surface area contributed by atoms with Crippen LogP contribution in [0.5, 0.6) is 0 Å². The number of para-hydroxylation sites is 1. The van der Waals surface area contributed by atoms with E-state index in [1.165, 1.54) is 0 Å². The summed E-state index contributed by atoms with van der Waals surface area (Å²) in [4.78, 5) is 31.3. The Morgan fingerprint density at radius 1 is 1.12 bits per heavy atom. The Morgan fingerprint density at radius 3 is 2.79 bits per heavy atom. The fourth-order valence-corrected chi connectivity index (χ4v) is 5.13. The first-order chi connectivity index (χ1) is 16.7. The Labute approximate surface area is 199 Å². The average Bonchev–Trinajstić information content (AvgIpc) is 3.54. The van der Waals surface area contributed by atoms with E-state index in [1.54, 1.807) is 11.3 Å². The van der Waals surface area contributed by atoms with Gasteiger partial charge in [0.05, 0.1) is 52.7 Å². The molecule has 1 aliphatic rings. The van der Waals surface area contributed by atoms with Crippen molar-refractivity contribution < 1.29 is 4.74 Å². The minimum atomic E-state index is -0.195. The second-order valence-corrected chi connectivity index (χ2v) is 9.13. The lowest BCUT2D eigenvalue weighted by Crippen LogP contribution is -2.36. The van der Waals surface area contributed by atoms with E-state index in [-0.39, 0.29) is 11.6 Å². The van der Waals surface area contributed by atoms with Crippen LogP contribution in [-0.4, -0.2) is 46.2 Å². The summed E-state index contributed by atoms with van der Waals surface area (Å²) in [5.41, 5.74) is 7.39. The van der Waals surface area contributed by atoms with Gasteiger partial charge in [0.25, 0.3) is 5.56 Å². The van der Waals surface area contributed by atoms with E-state index in [2.05, 4.69) is 37.3 Å². The number of benzene rings is 2. The zero-order valence-corrected chi connectivity index (χ0v) is 19.5. The standard InChI is InChI=1S/C25H24N6O2S/c1-15(21-13-34-14-26-21)27-23-17-4-2-3-5-18(17)30-25(32)22(23)24-28-19-7-6-16(12-20(19)29-24)31-8-10-33-11-9-31/h2-7,12-15H,8-11H2,1H3,(H,28,29)(H2,27,30,32). The van der Waals surface area contributed by atoms with E-state index >= 15 is 0 Å². The van der Waals surface area contributed by atoms with Crippen LogP contribution >= 0.6 is 11.3 Å². The third-order valence-electron chi connectivity index (χ3n) is 6.26. The second kappa shape index (κ2) is 8.58. The molecule has 3 N–H and O–H groups in total. The lowest BCUT2D eigenvalue weighted by Gasteiger charge is -2.28. The van der Waals surface area contributed by atoms with Crippen molar-refractivity contribution in [1.29, 1.82) is 0 Å². The van der Waals surface area contributed by atoms with Gasteiger partial charge >= 0.3 is 0 Å². The van der Waals surface area contributed by atoms with Crippen LogP contribution in [0.2, 0.25) is 0 Å². The number of imidazole rings is 1. The fourth-order valence-electron chi connectivity index (χ4n) is 4.48. The summed E-state index contributed by atoms with van der Waals surface area (Å²) in [7, 11) is 0. The minimum absolute atomic E-state index is 0.0764. The third-order valence-corrected chi connectivity index (χ3v) is 6.86. The van der Waals surface area contributed by atoms with Crippen molar-refractivity contribution in [2.24, 2.45) is 0 Å². The predicted molar refractivity (Wildman–Crippen MR) is 137 cm³/mol. The van der Waals surface area contributed by atoms with Crippen molar-refractivity contribution in [2.45, 2.75) is 13.0 Å². The van der Waals surface area contributed by atoms with Crippen molar-refractivity contribution in [2.75, 3.05) is 36.5 Å². The summed E-state index contributed by atoms with van der Waals surface area (Å²) < 4.78 is 5.48. The molecule has 4 heterocycles. The molecule has 2 aromatic carbocycles. The largest absolute Gasteiger partial charge is 0.378 e. The van der Waals surface area contributed by atoms with Crippen LogP contribution in [0.4, 0.5) is 11.4 Å². The number of ether oxygens (including phenoxy) is 1. The van der Waals surface area contributed by atoms with E-state index in [0.717, 1.165) is 65.3 Å². The number of H-pyrrole nitrogens is 2. The molecule has 0 radical (unpaired) electrons. The smallest absolute Gasteiger partial charge is 0.261 e. The number of fused-ring (bicyclic) bond motifs is 2. The van der Waals surface area contributed by atoms with Gasteiger partial charge in [-0.05, 0) is 31.2 Å². The maximum atomic E-state index is 13.3. The van der Waals surface area contributed by atoms with Gasteiger partial charge in [0.1, 0.15) is 11.4 Å². The molecule has 172 valence electrons. The Morgan fingerprint density at radius 2 is 1.97 bits per heavy atom. The summed E-state index contributed by atoms with van der Waals surface area (Å²) in [5.74, 6) is 0.536. The summed E-state index contributed by atoms with van der Waals surface area (Å²) in [6.07, 6.45) is 0. The van der Waals surface area contributed by atoms with Gasteiger partial charge in [-0.25, -0.2) is 9.97 Å². The Kier molecular flexibility index (Phi) is 5.27. The molecule has 1 fully saturated rings. The van der Waals surface area contributed by atoms with Gasteiger partial charge in [-0.15, -0.1) is 11.3 Å². The molecule has 0 aliphatic carbocycles. The van der Waals surface area contributed by atoms with Gasteiger partial charge in [0, 0.05) is 29.5 Å². The maximum absolute atomic E-state index is 13.3. The quantitative estimate of drug-likeness (QED) is 0.347. The van der Waals surface area contributed by atoms with Gasteiger partial charge in [-0.1, -0.05) is 18.2 Å². The highest BCUT2D eigenvalue weighted by atomic mass is 32.1. The number of hydrogen-bond donors (Lipinski definition) is 3. The van der Waals surface area contributed by atoms with Gasteiger partial charge < -0.3 is 24.9 Å². The molecule has 1 unspecified atom stereocenters. The predicted octanol–water partition coefficient (Wildman–Crippen LogP) is 4.54. The topological polar surface area (TPSA) is 98.9 Å². The van der Waals surface area contributed by atoms with Crippen molar-refractivity contribution in [3.63, 3.8) is 0 Å². The lowest BCUT2D eigenvalue weighted by atomic mass is 10.1. The Hall–Kier alpha value is -3.69. The van der Waals surface area contributed by atoms with Gasteiger partial charge in [-0.2, -0.15) is 0 Å². The third kappa shape index (κ3) is 3.72. The average molecular weight is 473 g/mol. The summed E-state index contributed by atoms with van der Waals surface area (Å²) in [6.45, 7) is 5.22. The number of aromatic amines is 2. The highest BCUT2D eigenvalue weighted by molar-refractivity contribution is 7.07. The van der Waals surface area contributed by atoms with Crippen LogP contribution in [0.1, 0.15) is 18.7 Å². The number of thiazole rings is 1. The first kappa shape index (κ1) is 20.9. The monoisotopic (exact) mass is 472 g/mol. The number of rotatable bonds is 5. The molecule has 0 spiro atoms. The van der Waals surface area contributed by atoms with Crippen LogP contribution < -0.4 is 15.8 Å². The van der Waals surface area contributed by atoms with Crippen LogP contribution in [0, 0.1) is 0 Å². The van der Waals surface area contributed by atoms with Crippen molar-refractivity contribution in [3.8, 4) is 11.4 Å². The molecule has 3 aromatic heterocycles. The zero-order valence-electron chi connectivity index (χ0n) is 18.7. The van der Waals surface area contributed by atoms with Crippen molar-refractivity contribution in [3.05, 3.63) is 69.4 Å². The highest BCUT2D eigenvalue weighted by Gasteiger charge is 2.21. The molecule has 8 nitrogen and oxygen atoms in total. The van der Waals surface area contributed by atoms with E-state index in [9.17, 15) is 4.79 Å². The number of nitrogens with zero attached hydrogens (tertiary/aromatic N) is 3. The number of nitrogens with one attached hydrogen (secondary N) is 3. The normalized spacial score (nSPS) is 15.1. The minimum Gasteiger partial charge on any atom is -0.378 e. The molecule has 1 atom stereocenters. The fraction of sp³-hybridized carbons (Fsp3) is 0.240. The van der Waals surface area contributed by atoms with Gasteiger partial charge in [0.2, 0.25) is 0 Å². The molecule has 1 saturated heterocycles. The number of pyridine rings is 1. The van der Waals surface area contributed by atoms with Gasteiger partial charge in [0.15, 0.2) is 0 Å². The second-order valence-electron chi connectivity index (χ2n) is 8.42. The molecule has 34 heavy (non-hydrogen) atoms. The van der Waals surface area contributed by atoms with Crippen LogP contribution in [0.3, 0.4) is 0 Å². The first-order valence-corrected chi connectivity index (χ1v) is 12.2. The van der Waals surface area contributed by atoms with Crippen LogP contribution in [-0.2, 0) is 4.74 Å². The van der Waals surface area contributed by atoms with E-state index < -0.39 is 0 Å². The van der Waals surface area contributed by atoms with E-state index in [4.69, 9.17) is 9.72 Å². The zero-order chi connectivity index (χ0) is 23.1. The van der Waals surface area contributed by atoms with E-state index in [0.29, 0.717) is 11.4 Å². The molecule has 5 aromatic rings. The van der Waals surface area contributed by atoms with Gasteiger partial charge in [-0.3, -0.25) is 4.79 Å². The highest BCUT2D eigenvalue weighted by Crippen LogP contribution is 2.34. The van der Waals surface area contributed by atoms with Crippen molar-refractivity contribution in [1.82, 2.24) is 19.9 Å². The number of hydrogen-bond acceptors (Lipinski definition) is 7. The number of morpholine rings is 1. The molecular weight excluding hydrogens is 448 g/mol. The Bertz CT molecular complexity index is 1520. The maximum Gasteiger partial charge on any atom is 0.261 e. The molecule has 6 rings (SSSR count). The molecule has 0 bridgehead atoms. The number of aromatic nitrogens is 4. The van der Waals surface area contributed by atoms with E-state index in [1.807, 2.05) is 48.1 Å². The summed E-state index contributed by atoms with van der Waals surface area (Å²) >= 11 is 1.55.